The summed E-state index contributed by atoms with van der Waals surface area (Å²) in [4.78, 5) is 27.2. The van der Waals surface area contributed by atoms with E-state index < -0.39 is 0 Å². The van der Waals surface area contributed by atoms with Crippen LogP contribution in [0.4, 0.5) is 0 Å². The Morgan fingerprint density at radius 1 is 1.07 bits per heavy atom. The predicted molar refractivity (Wildman–Crippen MR) is 120 cm³/mol. The van der Waals surface area contributed by atoms with Gasteiger partial charge in [-0.2, -0.15) is 0 Å². The molecule has 2 amide bonds. The molecule has 0 aliphatic carbocycles. The molecule has 0 bridgehead atoms. The van der Waals surface area contributed by atoms with Crippen molar-refractivity contribution in [3.63, 3.8) is 0 Å². The first-order valence-corrected chi connectivity index (χ1v) is 11.7. The van der Waals surface area contributed by atoms with Crippen LogP contribution in [-0.2, 0) is 11.3 Å². The maximum absolute atomic E-state index is 13.0. The number of amides is 2. The van der Waals surface area contributed by atoms with E-state index in [1.165, 1.54) is 22.2 Å². The molecule has 0 saturated carbocycles. The number of fused-ring (bicyclic) bond motifs is 1. The highest BCUT2D eigenvalue weighted by Gasteiger charge is 2.23. The normalized spacial score (nSPS) is 15.3. The van der Waals surface area contributed by atoms with Crippen LogP contribution in [0, 0.1) is 0 Å². The van der Waals surface area contributed by atoms with Crippen molar-refractivity contribution in [1.82, 2.24) is 10.6 Å². The molecule has 1 aliphatic heterocycles. The minimum atomic E-state index is -0.110. The van der Waals surface area contributed by atoms with E-state index in [4.69, 9.17) is 4.42 Å². The summed E-state index contributed by atoms with van der Waals surface area (Å²) in [7, 11) is 0. The summed E-state index contributed by atoms with van der Waals surface area (Å²) in [6.07, 6.45) is 2.48. The Labute approximate surface area is 184 Å². The third-order valence-corrected chi connectivity index (χ3v) is 6.99. The zero-order valence-corrected chi connectivity index (χ0v) is 17.9. The second kappa shape index (κ2) is 9.91. The van der Waals surface area contributed by atoms with Gasteiger partial charge in [0, 0.05) is 15.5 Å². The molecule has 1 aliphatic rings. The largest absolute Gasteiger partial charge is 0.467 e. The summed E-state index contributed by atoms with van der Waals surface area (Å²) in [6, 6.07) is 19.2. The minimum Gasteiger partial charge on any atom is -0.467 e. The van der Waals surface area contributed by atoms with Crippen molar-refractivity contribution in [2.45, 2.75) is 28.8 Å². The van der Waals surface area contributed by atoms with E-state index in [0.717, 1.165) is 17.1 Å². The third kappa shape index (κ3) is 5.09. The molecule has 7 heteroatoms. The first-order chi connectivity index (χ1) is 14.7. The minimum absolute atomic E-state index is 0.00426. The van der Waals surface area contributed by atoms with Gasteiger partial charge in [-0.1, -0.05) is 30.3 Å². The molecule has 1 aromatic heterocycles. The van der Waals surface area contributed by atoms with Gasteiger partial charge in [0.15, 0.2) is 0 Å². The Morgan fingerprint density at radius 2 is 1.90 bits per heavy atom. The van der Waals surface area contributed by atoms with Crippen molar-refractivity contribution < 1.29 is 14.0 Å². The van der Waals surface area contributed by atoms with Gasteiger partial charge in [-0.3, -0.25) is 9.59 Å². The molecule has 0 fully saturated rings. The highest BCUT2D eigenvalue weighted by Crippen LogP contribution is 2.36. The molecule has 0 spiro atoms. The summed E-state index contributed by atoms with van der Waals surface area (Å²) in [6.45, 7) is 0.355. The Bertz CT molecular complexity index is 1020. The van der Waals surface area contributed by atoms with Crippen LogP contribution in [-0.4, -0.2) is 23.3 Å². The van der Waals surface area contributed by atoms with Gasteiger partial charge in [0.25, 0.3) is 5.91 Å². The zero-order valence-electron chi connectivity index (χ0n) is 16.3. The SMILES string of the molecule is O=C(CSc1ccccc1C(=O)NC1CCSc2ccccc21)NCc1ccco1. The van der Waals surface area contributed by atoms with E-state index in [-0.39, 0.29) is 23.6 Å². The molecule has 5 nitrogen and oxygen atoms in total. The van der Waals surface area contributed by atoms with Gasteiger partial charge in [-0.25, -0.2) is 0 Å². The van der Waals surface area contributed by atoms with Crippen molar-refractivity contribution in [3.05, 3.63) is 83.8 Å². The number of hydrogen-bond donors (Lipinski definition) is 2. The molecule has 1 unspecified atom stereocenters. The number of carbonyl (C=O) groups excluding carboxylic acids is 2. The fourth-order valence-electron chi connectivity index (χ4n) is 3.30. The predicted octanol–water partition coefficient (Wildman–Crippen LogP) is 4.66. The molecule has 3 aromatic rings. The Morgan fingerprint density at radius 3 is 2.77 bits per heavy atom. The average molecular weight is 439 g/mol. The maximum atomic E-state index is 13.0. The zero-order chi connectivity index (χ0) is 20.8. The molecular formula is C23H22N2O3S2. The second-order valence-electron chi connectivity index (χ2n) is 6.84. The lowest BCUT2D eigenvalue weighted by Crippen LogP contribution is -2.31. The van der Waals surface area contributed by atoms with Crippen LogP contribution in [0.3, 0.4) is 0 Å². The highest BCUT2D eigenvalue weighted by molar-refractivity contribution is 8.00. The van der Waals surface area contributed by atoms with Gasteiger partial charge in [0.05, 0.1) is 30.2 Å². The first kappa shape index (κ1) is 20.6. The monoisotopic (exact) mass is 438 g/mol. The van der Waals surface area contributed by atoms with Gasteiger partial charge in [-0.05, 0) is 42.3 Å². The lowest BCUT2D eigenvalue weighted by Gasteiger charge is -2.26. The molecule has 154 valence electrons. The molecule has 2 aromatic carbocycles. The molecular weight excluding hydrogens is 416 g/mol. The Balaban J connectivity index is 1.38. The summed E-state index contributed by atoms with van der Waals surface area (Å²) in [5.74, 6) is 1.70. The smallest absolute Gasteiger partial charge is 0.252 e. The highest BCUT2D eigenvalue weighted by atomic mass is 32.2. The lowest BCUT2D eigenvalue weighted by molar-refractivity contribution is -0.118. The van der Waals surface area contributed by atoms with Crippen LogP contribution in [0.25, 0.3) is 0 Å². The van der Waals surface area contributed by atoms with E-state index in [1.807, 2.05) is 54.2 Å². The van der Waals surface area contributed by atoms with Crippen molar-refractivity contribution in [3.8, 4) is 0 Å². The topological polar surface area (TPSA) is 71.3 Å². The van der Waals surface area contributed by atoms with E-state index in [1.54, 1.807) is 12.3 Å². The van der Waals surface area contributed by atoms with Crippen molar-refractivity contribution in [1.29, 1.82) is 0 Å². The van der Waals surface area contributed by atoms with E-state index >= 15 is 0 Å². The number of rotatable bonds is 7. The van der Waals surface area contributed by atoms with Gasteiger partial charge >= 0.3 is 0 Å². The van der Waals surface area contributed by atoms with Crippen LogP contribution < -0.4 is 10.6 Å². The van der Waals surface area contributed by atoms with Gasteiger partial charge < -0.3 is 15.1 Å². The number of carbonyl (C=O) groups is 2. The van der Waals surface area contributed by atoms with Crippen LogP contribution in [0.15, 0.2) is 81.1 Å². The standard InChI is InChI=1S/C23H22N2O3S2/c26-22(24-14-16-6-5-12-28-16)15-30-21-10-4-2-8-18(21)23(27)25-19-11-13-29-20-9-3-1-7-17(19)20/h1-10,12,19H,11,13-15H2,(H,24,26)(H,25,27). The summed E-state index contributed by atoms with van der Waals surface area (Å²) in [5.41, 5.74) is 1.77. The number of nitrogens with one attached hydrogen (secondary N) is 2. The Kier molecular flexibility index (Phi) is 6.81. The van der Waals surface area contributed by atoms with E-state index in [2.05, 4.69) is 22.8 Å². The van der Waals surface area contributed by atoms with E-state index in [9.17, 15) is 9.59 Å². The number of hydrogen-bond acceptors (Lipinski definition) is 5. The average Bonchev–Trinajstić information content (AvgIpc) is 3.30. The summed E-state index contributed by atoms with van der Waals surface area (Å²) in [5, 5.41) is 6.01. The van der Waals surface area contributed by atoms with Gasteiger partial charge in [0.1, 0.15) is 5.76 Å². The maximum Gasteiger partial charge on any atom is 0.252 e. The van der Waals surface area contributed by atoms with Gasteiger partial charge in [0.2, 0.25) is 5.91 Å². The summed E-state index contributed by atoms with van der Waals surface area (Å²) < 4.78 is 5.22. The molecule has 0 saturated heterocycles. The second-order valence-corrected chi connectivity index (χ2v) is 9.00. The fourth-order valence-corrected chi connectivity index (χ4v) is 5.31. The quantitative estimate of drug-likeness (QED) is 0.525. The van der Waals surface area contributed by atoms with Crippen LogP contribution in [0.2, 0.25) is 0 Å². The van der Waals surface area contributed by atoms with Crippen LogP contribution in [0.1, 0.15) is 34.1 Å². The molecule has 2 N–H and O–H groups in total. The van der Waals surface area contributed by atoms with Crippen LogP contribution in [0.5, 0.6) is 0 Å². The van der Waals surface area contributed by atoms with Crippen molar-refractivity contribution in [2.24, 2.45) is 0 Å². The van der Waals surface area contributed by atoms with E-state index in [0.29, 0.717) is 17.9 Å². The molecule has 2 heterocycles. The third-order valence-electron chi connectivity index (χ3n) is 4.79. The fraction of sp³-hybridized carbons (Fsp3) is 0.217. The van der Waals surface area contributed by atoms with Crippen LogP contribution >= 0.6 is 23.5 Å². The molecule has 1 atom stereocenters. The molecule has 0 radical (unpaired) electrons. The molecule has 30 heavy (non-hydrogen) atoms. The Hall–Kier alpha value is -2.64. The number of benzene rings is 2. The lowest BCUT2D eigenvalue weighted by atomic mass is 10.0. The van der Waals surface area contributed by atoms with Gasteiger partial charge in [-0.15, -0.1) is 23.5 Å². The van der Waals surface area contributed by atoms with Crippen molar-refractivity contribution in [2.75, 3.05) is 11.5 Å². The number of furan rings is 1. The molecule has 4 rings (SSSR count). The van der Waals surface area contributed by atoms with Crippen molar-refractivity contribution >= 4 is 35.3 Å². The summed E-state index contributed by atoms with van der Waals surface area (Å²) >= 11 is 3.19. The number of thioether (sulfide) groups is 2. The first-order valence-electron chi connectivity index (χ1n) is 9.74.